The number of nitrogens with one attached hydrogen (secondary N) is 1. The number of nitrogens with zero attached hydrogens (tertiary/aromatic N) is 1. The smallest absolute Gasteiger partial charge is 0.303 e. The molecule has 1 amide bonds. The van der Waals surface area contributed by atoms with E-state index in [-0.39, 0.29) is 5.91 Å². The van der Waals surface area contributed by atoms with E-state index in [0.717, 1.165) is 0 Å². The van der Waals surface area contributed by atoms with Crippen LogP contribution in [0.15, 0.2) is 18.2 Å². The average molecular weight is 302 g/mol. The van der Waals surface area contributed by atoms with Crippen LogP contribution in [0.5, 0.6) is 5.75 Å². The van der Waals surface area contributed by atoms with Crippen molar-refractivity contribution in [2.24, 2.45) is 0 Å². The third-order valence-electron chi connectivity index (χ3n) is 3.49. The van der Waals surface area contributed by atoms with Gasteiger partial charge in [-0.2, -0.15) is 5.26 Å². The first kappa shape index (κ1) is 15.8. The molecule has 0 aliphatic carbocycles. The number of carbonyl (C=O) groups is 2. The van der Waals surface area contributed by atoms with Crippen molar-refractivity contribution in [3.8, 4) is 11.8 Å². The fourth-order valence-corrected chi connectivity index (χ4v) is 2.62. The van der Waals surface area contributed by atoms with Gasteiger partial charge in [0.1, 0.15) is 11.4 Å². The van der Waals surface area contributed by atoms with Gasteiger partial charge in [0.05, 0.1) is 17.7 Å². The topological polar surface area (TPSA) is 88.4 Å². The highest BCUT2D eigenvalue weighted by molar-refractivity contribution is 5.74. The van der Waals surface area contributed by atoms with E-state index in [9.17, 15) is 9.59 Å². The number of rotatable bonds is 2. The lowest BCUT2D eigenvalue weighted by Crippen LogP contribution is -2.55. The minimum absolute atomic E-state index is 0.256. The van der Waals surface area contributed by atoms with Crippen LogP contribution >= 0.6 is 0 Å². The van der Waals surface area contributed by atoms with Gasteiger partial charge in [-0.05, 0) is 32.0 Å². The highest BCUT2D eigenvalue weighted by Crippen LogP contribution is 2.41. The Labute approximate surface area is 129 Å². The molecule has 1 aromatic carbocycles. The van der Waals surface area contributed by atoms with Crippen LogP contribution in [0.1, 0.15) is 44.9 Å². The van der Waals surface area contributed by atoms with Crippen LogP contribution in [-0.2, 0) is 14.3 Å². The minimum Gasteiger partial charge on any atom is -0.484 e. The van der Waals surface area contributed by atoms with Crippen molar-refractivity contribution in [1.29, 1.82) is 5.26 Å². The van der Waals surface area contributed by atoms with Crippen molar-refractivity contribution in [3.63, 3.8) is 0 Å². The standard InChI is InChI=1S/C16H18N2O4/c1-9(19)18-14-12-7-11(8-17)5-6-13(12)22-16(3,4)15(14)21-10(2)20/h5-7,14-15H,1-4H3,(H,18,19)/t14-,15+/m0/s1. The van der Waals surface area contributed by atoms with E-state index in [1.165, 1.54) is 13.8 Å². The van der Waals surface area contributed by atoms with Gasteiger partial charge in [0, 0.05) is 19.4 Å². The van der Waals surface area contributed by atoms with Gasteiger partial charge in [0.15, 0.2) is 6.10 Å². The first-order valence-electron chi connectivity index (χ1n) is 6.92. The van der Waals surface area contributed by atoms with E-state index >= 15 is 0 Å². The molecule has 1 aliphatic rings. The minimum atomic E-state index is -0.819. The Morgan fingerprint density at radius 2 is 2.05 bits per heavy atom. The number of benzene rings is 1. The first-order valence-corrected chi connectivity index (χ1v) is 6.92. The highest BCUT2D eigenvalue weighted by atomic mass is 16.6. The third kappa shape index (κ3) is 3.03. The molecule has 2 atom stereocenters. The second-order valence-electron chi connectivity index (χ2n) is 5.78. The van der Waals surface area contributed by atoms with Gasteiger partial charge in [-0.15, -0.1) is 0 Å². The van der Waals surface area contributed by atoms with Gasteiger partial charge in [-0.3, -0.25) is 9.59 Å². The van der Waals surface area contributed by atoms with Crippen LogP contribution in [0.2, 0.25) is 0 Å². The number of fused-ring (bicyclic) bond motifs is 1. The summed E-state index contributed by atoms with van der Waals surface area (Å²) in [5.41, 5.74) is 0.249. The third-order valence-corrected chi connectivity index (χ3v) is 3.49. The van der Waals surface area contributed by atoms with Crippen molar-refractivity contribution in [1.82, 2.24) is 5.32 Å². The van der Waals surface area contributed by atoms with Gasteiger partial charge < -0.3 is 14.8 Å². The molecule has 1 N–H and O–H groups in total. The summed E-state index contributed by atoms with van der Waals surface area (Å²) in [6, 6.07) is 6.45. The molecule has 0 radical (unpaired) electrons. The Morgan fingerprint density at radius 1 is 1.36 bits per heavy atom. The molecular weight excluding hydrogens is 284 g/mol. The molecule has 116 valence electrons. The summed E-state index contributed by atoms with van der Waals surface area (Å²) in [5.74, 6) is -0.156. The molecule has 0 fully saturated rings. The summed E-state index contributed by atoms with van der Waals surface area (Å²) in [4.78, 5) is 23.0. The Bertz CT molecular complexity index is 661. The normalized spacial score (nSPS) is 21.8. The second-order valence-corrected chi connectivity index (χ2v) is 5.78. The summed E-state index contributed by atoms with van der Waals surface area (Å²) in [7, 11) is 0. The number of hydrogen-bond acceptors (Lipinski definition) is 5. The number of esters is 1. The lowest BCUT2D eigenvalue weighted by molar-refractivity contribution is -0.164. The highest BCUT2D eigenvalue weighted by Gasteiger charge is 2.46. The quantitative estimate of drug-likeness (QED) is 0.842. The van der Waals surface area contributed by atoms with Crippen LogP contribution in [0.3, 0.4) is 0 Å². The zero-order valence-electron chi connectivity index (χ0n) is 13.0. The van der Waals surface area contributed by atoms with Crippen molar-refractivity contribution >= 4 is 11.9 Å². The summed E-state index contributed by atoms with van der Waals surface area (Å²) in [5, 5.41) is 11.9. The first-order chi connectivity index (χ1) is 10.2. The molecule has 0 saturated heterocycles. The number of nitriles is 1. The largest absolute Gasteiger partial charge is 0.484 e. The Kier molecular flexibility index (Phi) is 4.09. The molecule has 6 heteroatoms. The van der Waals surface area contributed by atoms with E-state index in [2.05, 4.69) is 11.4 Å². The van der Waals surface area contributed by atoms with E-state index in [0.29, 0.717) is 16.9 Å². The van der Waals surface area contributed by atoms with Crippen molar-refractivity contribution < 1.29 is 19.1 Å². The average Bonchev–Trinajstić information content (AvgIpc) is 2.41. The maximum absolute atomic E-state index is 11.6. The molecule has 22 heavy (non-hydrogen) atoms. The molecule has 0 aromatic heterocycles. The predicted octanol–water partition coefficient (Wildman–Crippen LogP) is 1.84. The van der Waals surface area contributed by atoms with E-state index in [1.54, 1.807) is 32.0 Å². The number of hydrogen-bond donors (Lipinski definition) is 1. The van der Waals surface area contributed by atoms with Crippen LogP contribution in [0.4, 0.5) is 0 Å². The maximum Gasteiger partial charge on any atom is 0.303 e. The zero-order valence-corrected chi connectivity index (χ0v) is 13.0. The summed E-state index contributed by atoms with van der Waals surface area (Å²) in [6.45, 7) is 6.27. The van der Waals surface area contributed by atoms with Crippen molar-refractivity contribution in [3.05, 3.63) is 29.3 Å². The number of ether oxygens (including phenoxy) is 2. The Hall–Kier alpha value is -2.55. The van der Waals surface area contributed by atoms with Gasteiger partial charge in [-0.25, -0.2) is 0 Å². The maximum atomic E-state index is 11.6. The molecule has 1 heterocycles. The van der Waals surface area contributed by atoms with Crippen LogP contribution < -0.4 is 10.1 Å². The lowest BCUT2D eigenvalue weighted by Gasteiger charge is -2.44. The predicted molar refractivity (Wildman–Crippen MR) is 78.0 cm³/mol. The van der Waals surface area contributed by atoms with Gasteiger partial charge >= 0.3 is 5.97 Å². The SMILES string of the molecule is CC(=O)N[C@H]1c2cc(C#N)ccc2OC(C)(C)[C@@H]1OC(C)=O. The molecule has 0 bridgehead atoms. The van der Waals surface area contributed by atoms with E-state index < -0.39 is 23.7 Å². The fourth-order valence-electron chi connectivity index (χ4n) is 2.62. The zero-order chi connectivity index (χ0) is 16.5. The number of carbonyl (C=O) groups excluding carboxylic acids is 2. The van der Waals surface area contributed by atoms with E-state index in [4.69, 9.17) is 14.7 Å². The second kappa shape index (κ2) is 5.68. The van der Waals surface area contributed by atoms with Gasteiger partial charge in [-0.1, -0.05) is 0 Å². The van der Waals surface area contributed by atoms with Crippen LogP contribution in [-0.4, -0.2) is 23.6 Å². The molecule has 0 unspecified atom stereocenters. The molecule has 6 nitrogen and oxygen atoms in total. The van der Waals surface area contributed by atoms with Gasteiger partial charge in [0.25, 0.3) is 0 Å². The number of amides is 1. The Morgan fingerprint density at radius 3 is 2.59 bits per heavy atom. The fraction of sp³-hybridized carbons (Fsp3) is 0.438. The summed E-state index contributed by atoms with van der Waals surface area (Å²) >= 11 is 0. The summed E-state index contributed by atoms with van der Waals surface area (Å²) in [6.07, 6.45) is -0.699. The molecule has 2 rings (SSSR count). The van der Waals surface area contributed by atoms with Crippen LogP contribution in [0.25, 0.3) is 0 Å². The molecule has 1 aliphatic heterocycles. The molecule has 1 aromatic rings. The summed E-state index contributed by atoms with van der Waals surface area (Å²) < 4.78 is 11.3. The van der Waals surface area contributed by atoms with Crippen LogP contribution in [0, 0.1) is 11.3 Å². The van der Waals surface area contributed by atoms with E-state index in [1.807, 2.05) is 0 Å². The lowest BCUT2D eigenvalue weighted by atomic mass is 9.85. The molecule has 0 saturated carbocycles. The monoisotopic (exact) mass is 302 g/mol. The van der Waals surface area contributed by atoms with Gasteiger partial charge in [0.2, 0.25) is 5.91 Å². The van der Waals surface area contributed by atoms with Crippen molar-refractivity contribution in [2.75, 3.05) is 0 Å². The molecule has 0 spiro atoms. The molecular formula is C16H18N2O4. The van der Waals surface area contributed by atoms with Crippen molar-refractivity contribution in [2.45, 2.75) is 45.4 Å². The Balaban J connectivity index is 2.55.